The zero-order chi connectivity index (χ0) is 23.1. The SMILES string of the molecule is COC(=O)[C@]1(c2ccc(OS(=O)(=O)c3ccc(C)cc3)cc2)C2CCCN2O[C@H]1C(Cl)Cl. The van der Waals surface area contributed by atoms with Gasteiger partial charge in [0.25, 0.3) is 0 Å². The number of hydrogen-bond acceptors (Lipinski definition) is 7. The molecule has 32 heavy (non-hydrogen) atoms. The fourth-order valence-corrected chi connectivity index (χ4v) is 5.97. The summed E-state index contributed by atoms with van der Waals surface area (Å²) in [5.74, 6) is -0.398. The van der Waals surface area contributed by atoms with Crippen molar-refractivity contribution in [2.24, 2.45) is 0 Å². The molecule has 2 aromatic rings. The Bertz CT molecular complexity index is 1090. The number of ether oxygens (including phenoxy) is 1. The lowest BCUT2D eigenvalue weighted by atomic mass is 9.70. The highest BCUT2D eigenvalue weighted by molar-refractivity contribution is 7.87. The van der Waals surface area contributed by atoms with Gasteiger partial charge in [-0.3, -0.25) is 9.63 Å². The van der Waals surface area contributed by atoms with E-state index < -0.39 is 32.4 Å². The van der Waals surface area contributed by atoms with Crippen LogP contribution in [0.25, 0.3) is 0 Å². The van der Waals surface area contributed by atoms with Gasteiger partial charge in [0.2, 0.25) is 0 Å². The van der Waals surface area contributed by atoms with Gasteiger partial charge in [-0.2, -0.15) is 13.5 Å². The molecule has 2 aliphatic heterocycles. The van der Waals surface area contributed by atoms with Crippen molar-refractivity contribution >= 4 is 39.3 Å². The van der Waals surface area contributed by atoms with Gasteiger partial charge in [-0.1, -0.05) is 29.8 Å². The Kier molecular flexibility index (Phi) is 6.44. The van der Waals surface area contributed by atoms with Crippen LogP contribution in [0.5, 0.6) is 5.75 Å². The molecule has 2 aliphatic rings. The van der Waals surface area contributed by atoms with E-state index in [0.717, 1.165) is 12.0 Å². The number of halogens is 2. The van der Waals surface area contributed by atoms with Gasteiger partial charge in [-0.15, -0.1) is 23.2 Å². The molecule has 3 atom stereocenters. The van der Waals surface area contributed by atoms with Gasteiger partial charge in [0.1, 0.15) is 27.0 Å². The molecule has 2 aromatic carbocycles. The fourth-order valence-electron chi connectivity index (χ4n) is 4.55. The first-order chi connectivity index (χ1) is 15.2. The Morgan fingerprint density at radius 3 is 2.41 bits per heavy atom. The molecular weight excluding hydrogens is 477 g/mol. The number of rotatable bonds is 6. The standard InChI is InChI=1S/C22H23Cl2NO6S/c1-14-5-11-17(12-6-14)32(27,28)31-16-9-7-15(8-10-16)22(21(26)29-2)18-4-3-13-25(18)30-19(22)20(23)24/h5-12,18-20H,3-4,13H2,1-2H3/t18?,19-,22+/m0/s1. The monoisotopic (exact) mass is 499 g/mol. The second kappa shape index (κ2) is 8.83. The van der Waals surface area contributed by atoms with E-state index in [0.29, 0.717) is 18.5 Å². The molecule has 4 rings (SSSR count). The molecule has 2 fully saturated rings. The van der Waals surface area contributed by atoms with E-state index in [2.05, 4.69) is 0 Å². The summed E-state index contributed by atoms with van der Waals surface area (Å²) in [6.07, 6.45) is 0.694. The smallest absolute Gasteiger partial charge is 0.339 e. The van der Waals surface area contributed by atoms with Crippen LogP contribution in [0.3, 0.4) is 0 Å². The van der Waals surface area contributed by atoms with Crippen molar-refractivity contribution in [1.82, 2.24) is 5.06 Å². The molecule has 10 heteroatoms. The first-order valence-corrected chi connectivity index (χ1v) is 12.4. The van der Waals surface area contributed by atoms with E-state index in [4.69, 9.17) is 37.0 Å². The zero-order valence-electron chi connectivity index (χ0n) is 17.5. The number of methoxy groups -OCH3 is 1. The summed E-state index contributed by atoms with van der Waals surface area (Å²) in [5.41, 5.74) is 0.246. The van der Waals surface area contributed by atoms with Crippen molar-refractivity contribution in [1.29, 1.82) is 0 Å². The molecule has 0 aromatic heterocycles. The number of hydrogen-bond donors (Lipinski definition) is 0. The maximum absolute atomic E-state index is 13.1. The summed E-state index contributed by atoms with van der Waals surface area (Å²) in [6, 6.07) is 12.3. The predicted octanol–water partition coefficient (Wildman–Crippen LogP) is 3.76. The Morgan fingerprint density at radius 2 is 1.81 bits per heavy atom. The summed E-state index contributed by atoms with van der Waals surface area (Å²) in [6.45, 7) is 2.52. The summed E-state index contributed by atoms with van der Waals surface area (Å²) in [5, 5.41) is 1.74. The van der Waals surface area contributed by atoms with E-state index in [-0.39, 0.29) is 16.7 Å². The third kappa shape index (κ3) is 3.88. The van der Waals surface area contributed by atoms with Crippen LogP contribution >= 0.6 is 23.2 Å². The Balaban J connectivity index is 1.69. The molecule has 0 radical (unpaired) electrons. The first-order valence-electron chi connectivity index (χ1n) is 10.1. The quantitative estimate of drug-likeness (QED) is 0.340. The minimum absolute atomic E-state index is 0.0520. The van der Waals surface area contributed by atoms with Crippen molar-refractivity contribution in [2.45, 2.75) is 47.1 Å². The number of carbonyl (C=O) groups is 1. The Labute approximate surface area is 197 Å². The average Bonchev–Trinajstić information content (AvgIpc) is 3.34. The van der Waals surface area contributed by atoms with Crippen molar-refractivity contribution in [3.63, 3.8) is 0 Å². The van der Waals surface area contributed by atoms with Crippen LogP contribution in [0.2, 0.25) is 0 Å². The van der Waals surface area contributed by atoms with E-state index in [1.807, 2.05) is 6.92 Å². The lowest BCUT2D eigenvalue weighted by Gasteiger charge is -2.35. The third-order valence-corrected chi connectivity index (χ3v) is 7.75. The van der Waals surface area contributed by atoms with E-state index in [1.165, 1.54) is 31.4 Å². The van der Waals surface area contributed by atoms with Crippen LogP contribution in [0.4, 0.5) is 0 Å². The highest BCUT2D eigenvalue weighted by Gasteiger charge is 2.65. The number of alkyl halides is 2. The average molecular weight is 500 g/mol. The maximum Gasteiger partial charge on any atom is 0.339 e. The van der Waals surface area contributed by atoms with Crippen LogP contribution in [0.15, 0.2) is 53.4 Å². The maximum atomic E-state index is 13.1. The van der Waals surface area contributed by atoms with Crippen molar-refractivity contribution in [2.75, 3.05) is 13.7 Å². The number of fused-ring (bicyclic) bond motifs is 1. The molecule has 0 spiro atoms. The van der Waals surface area contributed by atoms with E-state index in [1.54, 1.807) is 29.3 Å². The lowest BCUT2D eigenvalue weighted by molar-refractivity contribution is -0.155. The van der Waals surface area contributed by atoms with Crippen molar-refractivity contribution in [3.05, 3.63) is 59.7 Å². The first kappa shape index (κ1) is 23.3. The molecule has 2 heterocycles. The van der Waals surface area contributed by atoms with E-state index >= 15 is 0 Å². The number of hydroxylamine groups is 2. The molecule has 0 N–H and O–H groups in total. The van der Waals surface area contributed by atoms with E-state index in [9.17, 15) is 13.2 Å². The summed E-state index contributed by atoms with van der Waals surface area (Å²) >= 11 is 12.5. The normalized spacial score (nSPS) is 25.7. The zero-order valence-corrected chi connectivity index (χ0v) is 19.9. The second-order valence-corrected chi connectivity index (χ2v) is 10.6. The van der Waals surface area contributed by atoms with Gasteiger partial charge in [0, 0.05) is 6.54 Å². The lowest BCUT2D eigenvalue weighted by Crippen LogP contribution is -2.53. The molecule has 2 saturated heterocycles. The predicted molar refractivity (Wildman–Crippen MR) is 119 cm³/mol. The Hall–Kier alpha value is -1.84. The molecular formula is C22H23Cl2NO6S. The number of nitrogens with zero attached hydrogens (tertiary/aromatic N) is 1. The van der Waals surface area contributed by atoms with Crippen LogP contribution < -0.4 is 4.18 Å². The molecule has 7 nitrogen and oxygen atoms in total. The molecule has 1 unspecified atom stereocenters. The minimum Gasteiger partial charge on any atom is -0.468 e. The molecule has 172 valence electrons. The van der Waals surface area contributed by atoms with Gasteiger partial charge in [0.15, 0.2) is 0 Å². The summed E-state index contributed by atoms with van der Waals surface area (Å²) in [7, 11) is -2.70. The number of esters is 1. The fraction of sp³-hybridized carbons (Fsp3) is 0.409. The van der Waals surface area contributed by atoms with Gasteiger partial charge in [-0.05, 0) is 49.6 Å². The molecule has 0 aliphatic carbocycles. The van der Waals surface area contributed by atoms with Crippen molar-refractivity contribution in [3.8, 4) is 5.75 Å². The number of aryl methyl sites for hydroxylation is 1. The number of carbonyl (C=O) groups excluding carboxylic acids is 1. The highest BCUT2D eigenvalue weighted by atomic mass is 35.5. The molecule has 0 saturated carbocycles. The molecule has 0 amide bonds. The third-order valence-electron chi connectivity index (χ3n) is 6.03. The number of benzene rings is 2. The van der Waals surface area contributed by atoms with Crippen LogP contribution in [-0.4, -0.2) is 50.1 Å². The van der Waals surface area contributed by atoms with Gasteiger partial charge in [-0.25, -0.2) is 0 Å². The topological polar surface area (TPSA) is 82.1 Å². The van der Waals surface area contributed by atoms with Gasteiger partial charge < -0.3 is 8.92 Å². The van der Waals surface area contributed by atoms with Gasteiger partial charge in [0.05, 0.1) is 13.2 Å². The van der Waals surface area contributed by atoms with Crippen LogP contribution in [0.1, 0.15) is 24.0 Å². The van der Waals surface area contributed by atoms with Crippen LogP contribution in [-0.2, 0) is 29.9 Å². The van der Waals surface area contributed by atoms with Gasteiger partial charge >= 0.3 is 16.1 Å². The second-order valence-electron chi connectivity index (χ2n) is 7.89. The minimum atomic E-state index is -4.00. The summed E-state index contributed by atoms with van der Waals surface area (Å²) < 4.78 is 35.7. The summed E-state index contributed by atoms with van der Waals surface area (Å²) in [4.78, 5) is 18.2. The highest BCUT2D eigenvalue weighted by Crippen LogP contribution is 2.50. The largest absolute Gasteiger partial charge is 0.468 e. The van der Waals surface area contributed by atoms with Crippen molar-refractivity contribution < 1.29 is 27.0 Å². The molecule has 0 bridgehead atoms. The van der Waals surface area contributed by atoms with Crippen LogP contribution in [0, 0.1) is 6.92 Å². The Morgan fingerprint density at radius 1 is 1.16 bits per heavy atom.